The normalized spacial score (nSPS) is 16.0. The summed E-state index contributed by atoms with van der Waals surface area (Å²) in [5, 5.41) is 10.9. The second kappa shape index (κ2) is 6.48. The summed E-state index contributed by atoms with van der Waals surface area (Å²) < 4.78 is 0.760. The van der Waals surface area contributed by atoms with E-state index < -0.39 is 5.97 Å². The predicted molar refractivity (Wildman–Crippen MR) is 93.1 cm³/mol. The van der Waals surface area contributed by atoms with Crippen molar-refractivity contribution >= 4 is 68.1 Å². The minimum absolute atomic E-state index is 0.188. The molecule has 0 aliphatic carbocycles. The van der Waals surface area contributed by atoms with Crippen LogP contribution in [0.3, 0.4) is 0 Å². The molecule has 0 bridgehead atoms. The monoisotopic (exact) mass is 391 g/mol. The Morgan fingerprint density at radius 3 is 2.43 bits per heavy atom. The number of carbonyl (C=O) groups is 2. The molecular formula is C15H12Cl3NO3S. The Morgan fingerprint density at radius 2 is 1.83 bits per heavy atom. The molecule has 0 radical (unpaired) electrons. The maximum atomic E-state index is 12.7. The number of carboxylic acids is 1. The molecular weight excluding hydrogens is 381 g/mol. The molecule has 0 atom stereocenters. The molecule has 0 saturated carbocycles. The summed E-state index contributed by atoms with van der Waals surface area (Å²) in [5.74, 6) is -1.38. The van der Waals surface area contributed by atoms with E-state index in [9.17, 15) is 9.59 Å². The van der Waals surface area contributed by atoms with Gasteiger partial charge in [-0.25, -0.2) is 0 Å². The fourth-order valence-corrected chi connectivity index (χ4v) is 5.06. The molecule has 0 unspecified atom stereocenters. The van der Waals surface area contributed by atoms with Gasteiger partial charge < -0.3 is 10.0 Å². The Hall–Kier alpha value is -1.01. The van der Waals surface area contributed by atoms with E-state index in [0.717, 1.165) is 4.70 Å². The van der Waals surface area contributed by atoms with Gasteiger partial charge in [0.15, 0.2) is 0 Å². The molecule has 1 amide bonds. The second-order valence-electron chi connectivity index (χ2n) is 5.41. The van der Waals surface area contributed by atoms with Crippen LogP contribution in [0.25, 0.3) is 10.1 Å². The predicted octanol–water partition coefficient (Wildman–Crippen LogP) is 4.80. The lowest BCUT2D eigenvalue weighted by molar-refractivity contribution is -0.143. The summed E-state index contributed by atoms with van der Waals surface area (Å²) in [6.07, 6.45) is 0.909. The Kier molecular flexibility index (Phi) is 4.74. The number of halogens is 3. The Labute approximate surface area is 151 Å². The van der Waals surface area contributed by atoms with Crippen LogP contribution in [-0.2, 0) is 4.79 Å². The maximum absolute atomic E-state index is 12.7. The summed E-state index contributed by atoms with van der Waals surface area (Å²) in [6.45, 7) is 0.823. The van der Waals surface area contributed by atoms with Crippen molar-refractivity contribution in [2.75, 3.05) is 13.1 Å². The summed E-state index contributed by atoms with van der Waals surface area (Å²) in [7, 11) is 0. The average Bonchev–Trinajstić information content (AvgIpc) is 2.83. The van der Waals surface area contributed by atoms with E-state index in [1.807, 2.05) is 0 Å². The summed E-state index contributed by atoms with van der Waals surface area (Å²) in [5.41, 5.74) is 0. The fourth-order valence-electron chi connectivity index (χ4n) is 2.72. The lowest BCUT2D eigenvalue weighted by atomic mass is 9.97. The number of nitrogens with zero attached hydrogens (tertiary/aromatic N) is 1. The SMILES string of the molecule is O=C(O)C1CCN(C(=O)c2sc3cc(Cl)cc(Cl)c3c2Cl)CC1. The number of benzene rings is 1. The minimum atomic E-state index is -0.807. The first-order valence-corrected chi connectivity index (χ1v) is 8.92. The highest BCUT2D eigenvalue weighted by atomic mass is 35.5. The van der Waals surface area contributed by atoms with E-state index >= 15 is 0 Å². The van der Waals surface area contributed by atoms with Crippen LogP contribution in [0.5, 0.6) is 0 Å². The molecule has 2 aromatic rings. The molecule has 1 aromatic carbocycles. The molecule has 1 aromatic heterocycles. The van der Waals surface area contributed by atoms with Gasteiger partial charge in [0.2, 0.25) is 0 Å². The molecule has 1 saturated heterocycles. The number of hydrogen-bond donors (Lipinski definition) is 1. The van der Waals surface area contributed by atoms with Crippen molar-refractivity contribution in [3.8, 4) is 0 Å². The van der Waals surface area contributed by atoms with Gasteiger partial charge in [0.05, 0.1) is 16.0 Å². The van der Waals surface area contributed by atoms with Crippen molar-refractivity contribution in [3.05, 3.63) is 32.1 Å². The number of carbonyl (C=O) groups excluding carboxylic acids is 1. The number of aliphatic carboxylic acids is 1. The van der Waals surface area contributed by atoms with Gasteiger partial charge in [0, 0.05) is 28.2 Å². The van der Waals surface area contributed by atoms with Gasteiger partial charge in [-0.2, -0.15) is 0 Å². The zero-order valence-electron chi connectivity index (χ0n) is 11.8. The third-order valence-electron chi connectivity index (χ3n) is 3.98. The molecule has 2 heterocycles. The van der Waals surface area contributed by atoms with Crippen molar-refractivity contribution in [2.24, 2.45) is 5.92 Å². The number of carboxylic acid groups (broad SMARTS) is 1. The first kappa shape index (κ1) is 16.8. The molecule has 122 valence electrons. The Morgan fingerprint density at radius 1 is 1.17 bits per heavy atom. The average molecular weight is 393 g/mol. The molecule has 1 N–H and O–H groups in total. The van der Waals surface area contributed by atoms with Crippen molar-refractivity contribution in [1.29, 1.82) is 0 Å². The maximum Gasteiger partial charge on any atom is 0.306 e. The third-order valence-corrected chi connectivity index (χ3v) is 6.11. The Balaban J connectivity index is 1.89. The van der Waals surface area contributed by atoms with E-state index in [-0.39, 0.29) is 11.8 Å². The molecule has 1 aliphatic rings. The van der Waals surface area contributed by atoms with E-state index in [1.165, 1.54) is 11.3 Å². The van der Waals surface area contributed by atoms with Crippen molar-refractivity contribution in [3.63, 3.8) is 0 Å². The van der Waals surface area contributed by atoms with Gasteiger partial charge >= 0.3 is 5.97 Å². The number of fused-ring (bicyclic) bond motifs is 1. The van der Waals surface area contributed by atoms with Crippen LogP contribution >= 0.6 is 46.1 Å². The molecule has 0 spiro atoms. The summed E-state index contributed by atoms with van der Waals surface area (Å²) >= 11 is 19.8. The largest absolute Gasteiger partial charge is 0.481 e. The van der Waals surface area contributed by atoms with Crippen LogP contribution in [0, 0.1) is 5.92 Å². The molecule has 1 aliphatic heterocycles. The number of amides is 1. The van der Waals surface area contributed by atoms with Gasteiger partial charge in [0.1, 0.15) is 4.88 Å². The van der Waals surface area contributed by atoms with Gasteiger partial charge in [-0.1, -0.05) is 34.8 Å². The van der Waals surface area contributed by atoms with Crippen LogP contribution in [0.1, 0.15) is 22.5 Å². The highest BCUT2D eigenvalue weighted by molar-refractivity contribution is 7.21. The van der Waals surface area contributed by atoms with Crippen LogP contribution < -0.4 is 0 Å². The van der Waals surface area contributed by atoms with Crippen molar-refractivity contribution < 1.29 is 14.7 Å². The first-order chi connectivity index (χ1) is 10.9. The van der Waals surface area contributed by atoms with Gasteiger partial charge in [-0.05, 0) is 25.0 Å². The van der Waals surface area contributed by atoms with E-state index in [2.05, 4.69) is 0 Å². The minimum Gasteiger partial charge on any atom is -0.481 e. The first-order valence-electron chi connectivity index (χ1n) is 6.97. The van der Waals surface area contributed by atoms with Gasteiger partial charge in [-0.15, -0.1) is 11.3 Å². The molecule has 3 rings (SSSR count). The number of likely N-dealkylation sites (tertiary alicyclic amines) is 1. The standard InChI is InChI=1S/C15H12Cl3NO3S/c16-8-5-9(17)11-10(6-8)23-13(12(11)18)14(20)19-3-1-7(2-4-19)15(21)22/h5-7H,1-4H2,(H,21,22). The topological polar surface area (TPSA) is 57.6 Å². The fraction of sp³-hybridized carbons (Fsp3) is 0.333. The Bertz CT molecular complexity index is 797. The van der Waals surface area contributed by atoms with Crippen molar-refractivity contribution in [1.82, 2.24) is 4.90 Å². The number of rotatable bonds is 2. The number of thiophene rings is 1. The lowest BCUT2D eigenvalue weighted by Crippen LogP contribution is -2.40. The lowest BCUT2D eigenvalue weighted by Gasteiger charge is -2.29. The van der Waals surface area contributed by atoms with Crippen LogP contribution in [0.2, 0.25) is 15.1 Å². The van der Waals surface area contributed by atoms with Gasteiger partial charge in [0.25, 0.3) is 5.91 Å². The molecule has 4 nitrogen and oxygen atoms in total. The molecule has 23 heavy (non-hydrogen) atoms. The van der Waals surface area contributed by atoms with E-state index in [1.54, 1.807) is 17.0 Å². The molecule has 1 fully saturated rings. The zero-order chi connectivity index (χ0) is 16.7. The van der Waals surface area contributed by atoms with Crippen LogP contribution in [-0.4, -0.2) is 35.0 Å². The third kappa shape index (κ3) is 3.15. The zero-order valence-corrected chi connectivity index (χ0v) is 14.9. The highest BCUT2D eigenvalue weighted by Gasteiger charge is 2.30. The quantitative estimate of drug-likeness (QED) is 0.798. The van der Waals surface area contributed by atoms with Gasteiger partial charge in [-0.3, -0.25) is 9.59 Å². The summed E-state index contributed by atoms with van der Waals surface area (Å²) in [4.78, 5) is 25.7. The van der Waals surface area contributed by atoms with Crippen LogP contribution in [0.15, 0.2) is 12.1 Å². The highest BCUT2D eigenvalue weighted by Crippen LogP contribution is 2.41. The number of hydrogen-bond acceptors (Lipinski definition) is 3. The summed E-state index contributed by atoms with van der Waals surface area (Å²) in [6, 6.07) is 3.32. The molecule has 8 heteroatoms. The van der Waals surface area contributed by atoms with Crippen LogP contribution in [0.4, 0.5) is 0 Å². The van der Waals surface area contributed by atoms with E-state index in [0.29, 0.717) is 51.3 Å². The second-order valence-corrected chi connectivity index (χ2v) is 7.68. The van der Waals surface area contributed by atoms with E-state index in [4.69, 9.17) is 39.9 Å². The smallest absolute Gasteiger partial charge is 0.306 e. The van der Waals surface area contributed by atoms with Crippen molar-refractivity contribution in [2.45, 2.75) is 12.8 Å². The number of piperidine rings is 1.